The third kappa shape index (κ3) is 3.01. The molecular formula is C13H21BN2O3. The normalized spacial score (nSPS) is 27.5. The molecule has 5 nitrogen and oxygen atoms in total. The number of nitrogens with zero attached hydrogens (tertiary/aromatic N) is 2. The summed E-state index contributed by atoms with van der Waals surface area (Å²) < 4.78 is 19.1. The lowest BCUT2D eigenvalue weighted by Crippen LogP contribution is -2.47. The number of hydrogen-bond donors (Lipinski definition) is 0. The zero-order valence-electron chi connectivity index (χ0n) is 11.7. The van der Waals surface area contributed by atoms with E-state index in [2.05, 4.69) is 18.9 Å². The van der Waals surface area contributed by atoms with Gasteiger partial charge in [-0.2, -0.15) is 5.10 Å². The second-order valence-corrected chi connectivity index (χ2v) is 6.19. The summed E-state index contributed by atoms with van der Waals surface area (Å²) in [5, 5.41) is 4.38. The summed E-state index contributed by atoms with van der Waals surface area (Å²) in [6.45, 7) is 6.53. The number of aromatic nitrogens is 2. The molecule has 0 radical (unpaired) electrons. The fourth-order valence-electron chi connectivity index (χ4n) is 2.45. The Labute approximate surface area is 114 Å². The van der Waals surface area contributed by atoms with Crippen molar-refractivity contribution in [3.8, 4) is 0 Å². The van der Waals surface area contributed by atoms with Gasteiger partial charge in [-0.3, -0.25) is 0 Å². The summed E-state index contributed by atoms with van der Waals surface area (Å²) in [5.41, 5.74) is 1.07. The molecule has 0 saturated carbocycles. The minimum Gasteiger partial charge on any atom is -0.407 e. The first-order valence-corrected chi connectivity index (χ1v) is 7.03. The molecule has 6 heteroatoms. The molecule has 3 rings (SSSR count). The summed E-state index contributed by atoms with van der Waals surface area (Å²) in [7, 11) is -0.287. The Morgan fingerprint density at radius 2 is 2.11 bits per heavy atom. The van der Waals surface area contributed by atoms with Crippen molar-refractivity contribution in [3.63, 3.8) is 0 Å². The lowest BCUT2D eigenvalue weighted by Gasteiger charge is -2.32. The van der Waals surface area contributed by atoms with Crippen LogP contribution >= 0.6 is 0 Å². The standard InChI is InChI=1S/C13H21BN2O3/c1-13(2)9-18-14(19-10-13)11-7-15-16(8-11)12-5-3-4-6-17-12/h7-8,12H,3-6,9-10H2,1-2H3. The predicted octanol–water partition coefficient (Wildman–Crippen LogP) is 1.35. The van der Waals surface area contributed by atoms with Crippen LogP contribution in [-0.4, -0.2) is 36.7 Å². The molecule has 1 aromatic heterocycles. The Morgan fingerprint density at radius 3 is 2.79 bits per heavy atom. The van der Waals surface area contributed by atoms with Crippen LogP contribution in [0.2, 0.25) is 0 Å². The third-order valence-electron chi connectivity index (χ3n) is 3.60. The van der Waals surface area contributed by atoms with E-state index in [1.54, 1.807) is 0 Å². The maximum atomic E-state index is 5.76. The van der Waals surface area contributed by atoms with Gasteiger partial charge in [0.1, 0.15) is 6.23 Å². The van der Waals surface area contributed by atoms with Crippen LogP contribution in [0.5, 0.6) is 0 Å². The van der Waals surface area contributed by atoms with Gasteiger partial charge in [0.25, 0.3) is 0 Å². The van der Waals surface area contributed by atoms with Crippen molar-refractivity contribution < 1.29 is 14.0 Å². The van der Waals surface area contributed by atoms with E-state index in [1.807, 2.05) is 17.1 Å². The summed E-state index contributed by atoms with van der Waals surface area (Å²) >= 11 is 0. The highest BCUT2D eigenvalue weighted by atomic mass is 16.6. The fourth-order valence-corrected chi connectivity index (χ4v) is 2.45. The van der Waals surface area contributed by atoms with Crippen molar-refractivity contribution in [2.75, 3.05) is 19.8 Å². The molecular weight excluding hydrogens is 243 g/mol. The Morgan fingerprint density at radius 1 is 1.32 bits per heavy atom. The molecule has 2 aliphatic rings. The van der Waals surface area contributed by atoms with Gasteiger partial charge in [-0.15, -0.1) is 0 Å². The SMILES string of the molecule is CC1(C)COB(c2cnn(C3CCCCO3)c2)OC1. The van der Waals surface area contributed by atoms with Crippen LogP contribution in [0, 0.1) is 5.41 Å². The minimum absolute atomic E-state index is 0.0718. The average Bonchev–Trinajstić information content (AvgIpc) is 2.89. The molecule has 3 heterocycles. The molecule has 2 aliphatic heterocycles. The number of rotatable bonds is 2. The Bertz CT molecular complexity index is 419. The van der Waals surface area contributed by atoms with Crippen molar-refractivity contribution >= 4 is 12.6 Å². The van der Waals surface area contributed by atoms with Crippen LogP contribution in [-0.2, 0) is 14.0 Å². The first kappa shape index (κ1) is 13.2. The van der Waals surface area contributed by atoms with Gasteiger partial charge >= 0.3 is 7.12 Å². The lowest BCUT2D eigenvalue weighted by molar-refractivity contribution is -0.0394. The molecule has 0 bridgehead atoms. The van der Waals surface area contributed by atoms with Gasteiger partial charge in [0.05, 0.1) is 0 Å². The lowest BCUT2D eigenvalue weighted by atomic mass is 9.78. The van der Waals surface area contributed by atoms with Gasteiger partial charge < -0.3 is 14.0 Å². The molecule has 0 spiro atoms. The Hall–Kier alpha value is -0.845. The summed E-state index contributed by atoms with van der Waals surface area (Å²) in [6.07, 6.45) is 7.25. The number of ether oxygens (including phenoxy) is 1. The van der Waals surface area contributed by atoms with E-state index >= 15 is 0 Å². The van der Waals surface area contributed by atoms with E-state index in [0.29, 0.717) is 13.2 Å². The summed E-state index contributed by atoms with van der Waals surface area (Å²) in [4.78, 5) is 0. The van der Waals surface area contributed by atoms with Gasteiger partial charge in [-0.1, -0.05) is 13.8 Å². The third-order valence-corrected chi connectivity index (χ3v) is 3.60. The molecule has 1 atom stereocenters. The average molecular weight is 264 g/mol. The van der Waals surface area contributed by atoms with Crippen molar-refractivity contribution in [2.45, 2.75) is 39.3 Å². The van der Waals surface area contributed by atoms with Crippen molar-refractivity contribution in [2.24, 2.45) is 5.41 Å². The minimum atomic E-state index is -0.287. The van der Waals surface area contributed by atoms with E-state index in [0.717, 1.165) is 24.9 Å². The van der Waals surface area contributed by atoms with E-state index < -0.39 is 0 Å². The Balaban J connectivity index is 1.64. The highest BCUT2D eigenvalue weighted by molar-refractivity contribution is 6.61. The van der Waals surface area contributed by atoms with Gasteiger partial charge in [0.15, 0.2) is 0 Å². The van der Waals surface area contributed by atoms with Crippen LogP contribution < -0.4 is 5.46 Å². The smallest absolute Gasteiger partial charge is 0.407 e. The highest BCUT2D eigenvalue weighted by Crippen LogP contribution is 2.23. The van der Waals surface area contributed by atoms with E-state index in [1.165, 1.54) is 6.42 Å². The van der Waals surface area contributed by atoms with Gasteiger partial charge in [0.2, 0.25) is 0 Å². The summed E-state index contributed by atoms with van der Waals surface area (Å²) in [5.74, 6) is 0. The fraction of sp³-hybridized carbons (Fsp3) is 0.769. The zero-order valence-corrected chi connectivity index (χ0v) is 11.7. The zero-order chi connectivity index (χ0) is 13.3. The molecule has 0 aromatic carbocycles. The van der Waals surface area contributed by atoms with Gasteiger partial charge in [-0.05, 0) is 19.3 Å². The monoisotopic (exact) mass is 264 g/mol. The van der Waals surface area contributed by atoms with Gasteiger partial charge in [0, 0.05) is 43.1 Å². The second kappa shape index (κ2) is 5.27. The molecule has 1 aromatic rings. The molecule has 2 saturated heterocycles. The van der Waals surface area contributed by atoms with Crippen LogP contribution in [0.15, 0.2) is 12.4 Å². The maximum Gasteiger partial charge on any atom is 0.497 e. The van der Waals surface area contributed by atoms with Crippen LogP contribution in [0.3, 0.4) is 0 Å². The predicted molar refractivity (Wildman–Crippen MR) is 72.1 cm³/mol. The molecule has 1 unspecified atom stereocenters. The van der Waals surface area contributed by atoms with Crippen LogP contribution in [0.4, 0.5) is 0 Å². The molecule has 0 aliphatic carbocycles. The second-order valence-electron chi connectivity index (χ2n) is 6.19. The van der Waals surface area contributed by atoms with Gasteiger partial charge in [-0.25, -0.2) is 4.68 Å². The molecule has 2 fully saturated rings. The first-order valence-electron chi connectivity index (χ1n) is 7.03. The molecule has 104 valence electrons. The van der Waals surface area contributed by atoms with Crippen molar-refractivity contribution in [1.29, 1.82) is 0 Å². The van der Waals surface area contributed by atoms with E-state index in [4.69, 9.17) is 14.0 Å². The summed E-state index contributed by atoms with van der Waals surface area (Å²) in [6, 6.07) is 0. The Kier molecular flexibility index (Phi) is 3.65. The van der Waals surface area contributed by atoms with Crippen LogP contribution in [0.1, 0.15) is 39.3 Å². The number of hydrogen-bond acceptors (Lipinski definition) is 4. The maximum absolute atomic E-state index is 5.76. The molecule has 0 N–H and O–H groups in total. The highest BCUT2D eigenvalue weighted by Gasteiger charge is 2.34. The quantitative estimate of drug-likeness (QED) is 0.756. The van der Waals surface area contributed by atoms with Crippen molar-refractivity contribution in [3.05, 3.63) is 12.4 Å². The van der Waals surface area contributed by atoms with E-state index in [-0.39, 0.29) is 18.8 Å². The largest absolute Gasteiger partial charge is 0.497 e. The van der Waals surface area contributed by atoms with Crippen molar-refractivity contribution in [1.82, 2.24) is 9.78 Å². The first-order chi connectivity index (χ1) is 9.14. The van der Waals surface area contributed by atoms with E-state index in [9.17, 15) is 0 Å². The molecule has 19 heavy (non-hydrogen) atoms. The van der Waals surface area contributed by atoms with Crippen LogP contribution in [0.25, 0.3) is 0 Å². The molecule has 0 amide bonds. The topological polar surface area (TPSA) is 45.5 Å².